The summed E-state index contributed by atoms with van der Waals surface area (Å²) in [6.07, 6.45) is 0.737. The Balaban J connectivity index is 1.78. The van der Waals surface area contributed by atoms with Crippen molar-refractivity contribution in [3.8, 4) is 17.4 Å². The molecule has 0 bridgehead atoms. The van der Waals surface area contributed by atoms with Crippen LogP contribution in [0, 0.1) is 0 Å². The number of rotatable bonds is 7. The maximum Gasteiger partial charge on any atom is 0.230 e. The molecule has 0 radical (unpaired) electrons. The molecule has 1 saturated heterocycles. The molecule has 1 N–H and O–H groups in total. The van der Waals surface area contributed by atoms with Crippen molar-refractivity contribution in [3.63, 3.8) is 0 Å². The zero-order chi connectivity index (χ0) is 21.3. The van der Waals surface area contributed by atoms with E-state index in [1.807, 2.05) is 25.1 Å². The Bertz CT molecular complexity index is 1010. The summed E-state index contributed by atoms with van der Waals surface area (Å²) in [5, 5.41) is 15.5. The third-order valence-electron chi connectivity index (χ3n) is 5.75. The molecule has 1 fully saturated rings. The third-order valence-corrected chi connectivity index (χ3v) is 6.82. The first-order valence-electron chi connectivity index (χ1n) is 10.3. The number of benzene rings is 1. The molecule has 0 amide bonds. The number of likely N-dealkylation sites (N-methyl/N-ethyl adjacent to an activating group) is 1. The second-order valence-electron chi connectivity index (χ2n) is 7.35. The number of aromatic nitrogens is 3. The van der Waals surface area contributed by atoms with Gasteiger partial charge < -0.3 is 19.5 Å². The van der Waals surface area contributed by atoms with Crippen LogP contribution in [0.1, 0.15) is 36.2 Å². The van der Waals surface area contributed by atoms with Gasteiger partial charge in [-0.1, -0.05) is 31.3 Å². The van der Waals surface area contributed by atoms with Crippen molar-refractivity contribution >= 4 is 16.3 Å². The van der Waals surface area contributed by atoms with Crippen LogP contribution in [0.25, 0.3) is 4.96 Å². The molecular weight excluding hydrogens is 402 g/mol. The average molecular weight is 432 g/mol. The van der Waals surface area contributed by atoms with Gasteiger partial charge in [0.1, 0.15) is 0 Å². The van der Waals surface area contributed by atoms with Gasteiger partial charge in [0.25, 0.3) is 0 Å². The van der Waals surface area contributed by atoms with E-state index in [2.05, 4.69) is 26.8 Å². The fourth-order valence-corrected chi connectivity index (χ4v) is 5.14. The molecule has 0 saturated carbocycles. The first kappa shape index (κ1) is 20.9. The van der Waals surface area contributed by atoms with Crippen LogP contribution < -0.4 is 9.47 Å². The lowest BCUT2D eigenvalue weighted by Crippen LogP contribution is -2.47. The molecule has 0 aliphatic carbocycles. The zero-order valence-electron chi connectivity index (χ0n) is 18.0. The second kappa shape index (κ2) is 8.79. The maximum atomic E-state index is 11.1. The van der Waals surface area contributed by atoms with Gasteiger partial charge >= 0.3 is 0 Å². The molecule has 162 valence electrons. The number of hydrogen-bond acceptors (Lipinski definition) is 8. The number of aryl methyl sites for hydroxylation is 1. The van der Waals surface area contributed by atoms with E-state index in [-0.39, 0.29) is 11.9 Å². The van der Waals surface area contributed by atoms with Gasteiger partial charge in [0.05, 0.1) is 25.1 Å². The first-order chi connectivity index (χ1) is 14.6. The summed E-state index contributed by atoms with van der Waals surface area (Å²) < 4.78 is 12.5. The van der Waals surface area contributed by atoms with Crippen LogP contribution in [-0.4, -0.2) is 76.4 Å². The molecule has 8 nitrogen and oxygen atoms in total. The molecule has 4 rings (SSSR count). The van der Waals surface area contributed by atoms with Crippen molar-refractivity contribution < 1.29 is 14.6 Å². The van der Waals surface area contributed by atoms with Gasteiger partial charge in [-0.25, -0.2) is 4.98 Å². The van der Waals surface area contributed by atoms with Crippen LogP contribution in [-0.2, 0) is 6.42 Å². The van der Waals surface area contributed by atoms with E-state index < -0.39 is 0 Å². The molecule has 2 aromatic heterocycles. The van der Waals surface area contributed by atoms with Crippen LogP contribution in [0.4, 0.5) is 0 Å². The predicted octanol–water partition coefficient (Wildman–Crippen LogP) is 2.80. The average Bonchev–Trinajstić information content (AvgIpc) is 3.33. The Kier molecular flexibility index (Phi) is 6.12. The number of fused-ring (bicyclic) bond motifs is 1. The van der Waals surface area contributed by atoms with Crippen molar-refractivity contribution in [2.75, 3.05) is 46.9 Å². The molecule has 0 spiro atoms. The largest absolute Gasteiger partial charge is 0.493 e. The number of methoxy groups -OCH3 is 2. The van der Waals surface area contributed by atoms with Crippen molar-refractivity contribution in [2.24, 2.45) is 0 Å². The number of thiazole rings is 1. The molecule has 1 aromatic carbocycles. The van der Waals surface area contributed by atoms with Gasteiger partial charge in [0, 0.05) is 32.6 Å². The monoisotopic (exact) mass is 431 g/mol. The lowest BCUT2D eigenvalue weighted by Gasteiger charge is -2.38. The number of ether oxygens (including phenoxy) is 2. The summed E-state index contributed by atoms with van der Waals surface area (Å²) in [5.41, 5.74) is 1.05. The van der Waals surface area contributed by atoms with Gasteiger partial charge in [-0.15, -0.1) is 5.10 Å². The minimum absolute atomic E-state index is 0.109. The first-order valence-corrected chi connectivity index (χ1v) is 11.2. The Morgan fingerprint density at radius 3 is 2.43 bits per heavy atom. The number of nitrogens with zero attached hydrogens (tertiary/aromatic N) is 5. The van der Waals surface area contributed by atoms with Crippen LogP contribution in [0.5, 0.6) is 17.4 Å². The maximum absolute atomic E-state index is 11.1. The number of aromatic hydroxyl groups is 1. The normalized spacial score (nSPS) is 16.8. The summed E-state index contributed by atoms with van der Waals surface area (Å²) in [4.78, 5) is 11.0. The van der Waals surface area contributed by atoms with Crippen molar-refractivity contribution in [1.29, 1.82) is 0 Å². The van der Waals surface area contributed by atoms with Gasteiger partial charge in [-0.2, -0.15) is 4.52 Å². The van der Waals surface area contributed by atoms with Crippen molar-refractivity contribution in [2.45, 2.75) is 26.3 Å². The quantitative estimate of drug-likeness (QED) is 0.616. The van der Waals surface area contributed by atoms with E-state index in [1.165, 1.54) is 11.3 Å². The molecule has 1 aliphatic rings. The smallest absolute Gasteiger partial charge is 0.230 e. The van der Waals surface area contributed by atoms with E-state index in [1.54, 1.807) is 18.7 Å². The summed E-state index contributed by atoms with van der Waals surface area (Å²) in [6, 6.07) is 5.86. The minimum Gasteiger partial charge on any atom is -0.493 e. The predicted molar refractivity (Wildman–Crippen MR) is 117 cm³/mol. The lowest BCUT2D eigenvalue weighted by molar-refractivity contribution is 0.113. The molecule has 0 unspecified atom stereocenters. The van der Waals surface area contributed by atoms with Crippen LogP contribution >= 0.6 is 11.3 Å². The Morgan fingerprint density at radius 2 is 1.83 bits per heavy atom. The van der Waals surface area contributed by atoms with Crippen molar-refractivity contribution in [1.82, 2.24) is 24.4 Å². The standard InChI is InChI=1S/C21H29N5O3S/c1-5-17-22-21-26(23-17)20(27)19(30-21)18(25-11-9-24(6-2)10-12-25)14-7-8-15(28-3)16(13-14)29-4/h7-8,13,18,27H,5-6,9-12H2,1-4H3/t18-/m1/s1. The Hall–Kier alpha value is -2.36. The molecular formula is C21H29N5O3S. The van der Waals surface area contributed by atoms with Crippen molar-refractivity contribution in [3.05, 3.63) is 34.5 Å². The summed E-state index contributed by atoms with van der Waals surface area (Å²) in [5.74, 6) is 2.27. The van der Waals surface area contributed by atoms with E-state index >= 15 is 0 Å². The fourth-order valence-electron chi connectivity index (χ4n) is 4.01. The van der Waals surface area contributed by atoms with Crippen LogP contribution in [0.15, 0.2) is 18.2 Å². The topological polar surface area (TPSA) is 75.4 Å². The van der Waals surface area contributed by atoms with Gasteiger partial charge in [0.15, 0.2) is 17.3 Å². The highest BCUT2D eigenvalue weighted by molar-refractivity contribution is 7.17. The van der Waals surface area contributed by atoms with E-state index in [0.717, 1.165) is 60.4 Å². The van der Waals surface area contributed by atoms with E-state index in [0.29, 0.717) is 11.5 Å². The third kappa shape index (κ3) is 3.73. The SMILES string of the molecule is CCc1nc2sc([C@@H](c3ccc(OC)c(OC)c3)N3CCN(CC)CC3)c(O)n2n1. The van der Waals surface area contributed by atoms with Gasteiger partial charge in [-0.3, -0.25) is 4.90 Å². The van der Waals surface area contributed by atoms with E-state index in [4.69, 9.17) is 9.47 Å². The molecule has 1 atom stereocenters. The molecule has 1 aliphatic heterocycles. The summed E-state index contributed by atoms with van der Waals surface area (Å²) in [6.45, 7) is 9.09. The highest BCUT2D eigenvalue weighted by Crippen LogP contribution is 2.42. The Labute approximate surface area is 180 Å². The lowest BCUT2D eigenvalue weighted by atomic mass is 10.0. The van der Waals surface area contributed by atoms with Gasteiger partial charge in [0.2, 0.25) is 10.8 Å². The van der Waals surface area contributed by atoms with Crippen LogP contribution in [0.3, 0.4) is 0 Å². The summed E-state index contributed by atoms with van der Waals surface area (Å²) in [7, 11) is 3.28. The number of hydrogen-bond donors (Lipinski definition) is 1. The molecule has 3 heterocycles. The molecule has 9 heteroatoms. The highest BCUT2D eigenvalue weighted by Gasteiger charge is 2.32. The zero-order valence-corrected chi connectivity index (χ0v) is 18.8. The fraction of sp³-hybridized carbons (Fsp3) is 0.524. The van der Waals surface area contributed by atoms with Crippen LogP contribution in [0.2, 0.25) is 0 Å². The molecule has 30 heavy (non-hydrogen) atoms. The van der Waals surface area contributed by atoms with Gasteiger partial charge in [-0.05, 0) is 24.2 Å². The molecule has 3 aromatic rings. The summed E-state index contributed by atoms with van der Waals surface area (Å²) >= 11 is 1.50. The highest BCUT2D eigenvalue weighted by atomic mass is 32.1. The number of piperazine rings is 1. The minimum atomic E-state index is -0.109. The Morgan fingerprint density at radius 1 is 1.10 bits per heavy atom. The van der Waals surface area contributed by atoms with E-state index in [9.17, 15) is 5.11 Å². The second-order valence-corrected chi connectivity index (χ2v) is 8.36.